The van der Waals surface area contributed by atoms with Gasteiger partial charge >= 0.3 is 0 Å². The number of Topliss-reactive ketones (excluding diaryl/α,β-unsaturated/α-hetero) is 1. The van der Waals surface area contributed by atoms with E-state index in [1.165, 1.54) is 11.3 Å². The van der Waals surface area contributed by atoms with Crippen molar-refractivity contribution >= 4 is 28.9 Å². The van der Waals surface area contributed by atoms with Crippen LogP contribution in [0.3, 0.4) is 0 Å². The number of likely N-dealkylation sites (tertiary alicyclic amines) is 1. The summed E-state index contributed by atoms with van der Waals surface area (Å²) in [7, 11) is 0. The lowest BCUT2D eigenvalue weighted by molar-refractivity contribution is -0.142. The molecule has 0 spiro atoms. The number of rotatable bonds is 6. The summed E-state index contributed by atoms with van der Waals surface area (Å²) in [5.41, 5.74) is 1.81. The summed E-state index contributed by atoms with van der Waals surface area (Å²) >= 11 is 1.36. The van der Waals surface area contributed by atoms with Crippen LogP contribution in [0.25, 0.3) is 10.4 Å². The molecule has 0 radical (unpaired) electrons. The molecule has 2 aromatic carbocycles. The Labute approximate surface area is 207 Å². The second-order valence-corrected chi connectivity index (χ2v) is 9.94. The van der Waals surface area contributed by atoms with Gasteiger partial charge in [0.1, 0.15) is 24.4 Å². The van der Waals surface area contributed by atoms with Crippen molar-refractivity contribution in [1.29, 1.82) is 0 Å². The number of ether oxygens (including phenoxy) is 1. The van der Waals surface area contributed by atoms with E-state index in [0.29, 0.717) is 11.4 Å². The topological polar surface area (TPSA) is 95.9 Å². The van der Waals surface area contributed by atoms with Gasteiger partial charge in [-0.25, -0.2) is 0 Å². The molecule has 3 aromatic rings. The van der Waals surface area contributed by atoms with Crippen LogP contribution in [0.1, 0.15) is 28.1 Å². The van der Waals surface area contributed by atoms with Crippen LogP contribution < -0.4 is 5.32 Å². The van der Waals surface area contributed by atoms with E-state index in [1.54, 1.807) is 35.2 Å². The van der Waals surface area contributed by atoms with Gasteiger partial charge < -0.3 is 20.1 Å². The quantitative estimate of drug-likeness (QED) is 0.552. The molecule has 2 saturated heterocycles. The van der Waals surface area contributed by atoms with E-state index in [-0.39, 0.29) is 42.5 Å². The summed E-state index contributed by atoms with van der Waals surface area (Å²) in [5, 5.41) is 12.5. The molecule has 2 amide bonds. The third kappa shape index (κ3) is 4.99. The van der Waals surface area contributed by atoms with E-state index in [1.807, 2.05) is 36.4 Å². The Balaban J connectivity index is 1.38. The lowest BCUT2D eigenvalue weighted by Crippen LogP contribution is -2.58. The average Bonchev–Trinajstić information content (AvgIpc) is 3.53. The molecule has 0 saturated carbocycles. The highest BCUT2D eigenvalue weighted by Gasteiger charge is 2.45. The largest absolute Gasteiger partial charge is 0.508 e. The minimum Gasteiger partial charge on any atom is -0.508 e. The fourth-order valence-corrected chi connectivity index (χ4v) is 5.67. The first-order valence-corrected chi connectivity index (χ1v) is 12.5. The smallest absolute Gasteiger partial charge is 0.262 e. The summed E-state index contributed by atoms with van der Waals surface area (Å²) < 4.78 is 5.60. The van der Waals surface area contributed by atoms with Gasteiger partial charge in [-0.2, -0.15) is 0 Å². The van der Waals surface area contributed by atoms with Crippen molar-refractivity contribution in [3.63, 3.8) is 0 Å². The van der Waals surface area contributed by atoms with E-state index in [9.17, 15) is 19.5 Å². The number of phenolic OH excluding ortho intramolecular Hbond substituents is 1. The van der Waals surface area contributed by atoms with Crippen LogP contribution in [0.4, 0.5) is 0 Å². The Kier molecular flexibility index (Phi) is 6.66. The van der Waals surface area contributed by atoms with Crippen molar-refractivity contribution in [2.24, 2.45) is 0 Å². The number of carbonyl (C=O) groups excluding carboxylic acids is 3. The predicted molar refractivity (Wildman–Crippen MR) is 132 cm³/mol. The van der Waals surface area contributed by atoms with Gasteiger partial charge in [-0.15, -0.1) is 11.3 Å². The SMILES string of the molecule is O=C(NC(Cc1ccc(O)cc1)C(=O)N1CCCC2OCC(=O)C21)c1ccc(-c2ccccc2)s1. The molecule has 3 unspecified atom stereocenters. The van der Waals surface area contributed by atoms with E-state index in [4.69, 9.17) is 4.74 Å². The zero-order valence-electron chi connectivity index (χ0n) is 19.1. The Morgan fingerprint density at radius 1 is 1.09 bits per heavy atom. The first-order valence-electron chi connectivity index (χ1n) is 11.7. The third-order valence-electron chi connectivity index (χ3n) is 6.50. The second kappa shape index (κ2) is 10.0. The highest BCUT2D eigenvalue weighted by molar-refractivity contribution is 7.17. The standard InChI is InChI=1S/C27H26N2O5S/c30-19-10-8-17(9-11-19)15-20(27(33)29-14-4-7-22-25(29)21(31)16-34-22)28-26(32)24-13-12-23(35-24)18-5-2-1-3-6-18/h1-3,5-6,8-13,20,22,25,30H,4,7,14-16H2,(H,28,32). The number of amides is 2. The lowest BCUT2D eigenvalue weighted by Gasteiger charge is -2.37. The second-order valence-electron chi connectivity index (χ2n) is 8.86. The van der Waals surface area contributed by atoms with E-state index in [2.05, 4.69) is 5.32 Å². The summed E-state index contributed by atoms with van der Waals surface area (Å²) in [6.45, 7) is 0.472. The number of nitrogens with zero attached hydrogens (tertiary/aromatic N) is 1. The number of carbonyl (C=O) groups is 3. The molecule has 1 aromatic heterocycles. The van der Waals surface area contributed by atoms with Crippen LogP contribution in [-0.2, 0) is 20.7 Å². The van der Waals surface area contributed by atoms with Crippen molar-refractivity contribution in [3.8, 4) is 16.2 Å². The maximum atomic E-state index is 13.7. The zero-order chi connectivity index (χ0) is 24.4. The molecule has 180 valence electrons. The monoisotopic (exact) mass is 490 g/mol. The summed E-state index contributed by atoms with van der Waals surface area (Å²) in [6, 6.07) is 18.6. The summed E-state index contributed by atoms with van der Waals surface area (Å²) in [4.78, 5) is 42.5. The van der Waals surface area contributed by atoms with Crippen molar-refractivity contribution in [2.45, 2.75) is 37.5 Å². The molecule has 3 atom stereocenters. The third-order valence-corrected chi connectivity index (χ3v) is 7.63. The van der Waals surface area contributed by atoms with E-state index in [0.717, 1.165) is 28.8 Å². The van der Waals surface area contributed by atoms with Gasteiger partial charge in [0.25, 0.3) is 5.91 Å². The number of nitrogens with one attached hydrogen (secondary N) is 1. The fraction of sp³-hybridized carbons (Fsp3) is 0.296. The van der Waals surface area contributed by atoms with Gasteiger partial charge in [-0.3, -0.25) is 14.4 Å². The first-order chi connectivity index (χ1) is 17.0. The Hall–Kier alpha value is -3.49. The van der Waals surface area contributed by atoms with Gasteiger partial charge in [-0.05, 0) is 48.2 Å². The molecular formula is C27H26N2O5S. The minimum absolute atomic E-state index is 0.0194. The molecule has 8 heteroatoms. The van der Waals surface area contributed by atoms with Gasteiger partial charge in [0, 0.05) is 17.8 Å². The van der Waals surface area contributed by atoms with Crippen LogP contribution >= 0.6 is 11.3 Å². The molecule has 2 aliphatic heterocycles. The van der Waals surface area contributed by atoms with Crippen molar-refractivity contribution in [1.82, 2.24) is 10.2 Å². The van der Waals surface area contributed by atoms with Crippen LogP contribution in [-0.4, -0.2) is 58.9 Å². The van der Waals surface area contributed by atoms with Crippen LogP contribution in [0.5, 0.6) is 5.75 Å². The molecule has 7 nitrogen and oxygen atoms in total. The minimum atomic E-state index is -0.860. The summed E-state index contributed by atoms with van der Waals surface area (Å²) in [6.07, 6.45) is 1.44. The molecule has 2 aliphatic rings. The Bertz CT molecular complexity index is 1220. The van der Waals surface area contributed by atoms with Gasteiger partial charge in [0.2, 0.25) is 5.91 Å². The van der Waals surface area contributed by atoms with E-state index < -0.39 is 12.1 Å². The van der Waals surface area contributed by atoms with Gasteiger partial charge in [0.15, 0.2) is 5.78 Å². The number of hydrogen-bond donors (Lipinski definition) is 2. The highest BCUT2D eigenvalue weighted by Crippen LogP contribution is 2.29. The lowest BCUT2D eigenvalue weighted by atomic mass is 9.95. The number of benzene rings is 2. The van der Waals surface area contributed by atoms with Crippen LogP contribution in [0.2, 0.25) is 0 Å². The molecular weight excluding hydrogens is 464 g/mol. The molecule has 0 aliphatic carbocycles. The zero-order valence-corrected chi connectivity index (χ0v) is 19.9. The molecule has 0 bridgehead atoms. The van der Waals surface area contributed by atoms with E-state index >= 15 is 0 Å². The number of phenols is 1. The molecule has 35 heavy (non-hydrogen) atoms. The van der Waals surface area contributed by atoms with Crippen molar-refractivity contribution < 1.29 is 24.2 Å². The van der Waals surface area contributed by atoms with Crippen LogP contribution in [0, 0.1) is 0 Å². The van der Waals surface area contributed by atoms with Gasteiger partial charge in [0.05, 0.1) is 11.0 Å². The fourth-order valence-electron chi connectivity index (χ4n) is 4.75. The average molecular weight is 491 g/mol. The maximum absolute atomic E-state index is 13.7. The molecule has 2 fully saturated rings. The Morgan fingerprint density at radius 3 is 2.63 bits per heavy atom. The first kappa shape index (κ1) is 23.3. The number of thiophene rings is 1. The number of piperidine rings is 1. The molecule has 3 heterocycles. The maximum Gasteiger partial charge on any atom is 0.262 e. The normalized spacial score (nSPS) is 20.3. The number of ketones is 1. The van der Waals surface area contributed by atoms with Crippen LogP contribution in [0.15, 0.2) is 66.7 Å². The van der Waals surface area contributed by atoms with Crippen molar-refractivity contribution in [2.75, 3.05) is 13.2 Å². The molecule has 5 rings (SSSR count). The Morgan fingerprint density at radius 2 is 1.86 bits per heavy atom. The highest BCUT2D eigenvalue weighted by atomic mass is 32.1. The number of aromatic hydroxyl groups is 1. The number of fused-ring (bicyclic) bond motifs is 1. The summed E-state index contributed by atoms with van der Waals surface area (Å²) in [5.74, 6) is -0.597. The van der Waals surface area contributed by atoms with Gasteiger partial charge in [-0.1, -0.05) is 42.5 Å². The molecule has 2 N–H and O–H groups in total. The van der Waals surface area contributed by atoms with Crippen molar-refractivity contribution in [3.05, 3.63) is 77.2 Å². The predicted octanol–water partition coefficient (Wildman–Crippen LogP) is 3.42. The number of hydrogen-bond acceptors (Lipinski definition) is 6.